The van der Waals surface area contributed by atoms with Gasteiger partial charge in [-0.25, -0.2) is 4.79 Å². The number of amides is 2. The van der Waals surface area contributed by atoms with E-state index in [0.29, 0.717) is 6.07 Å². The second kappa shape index (κ2) is 8.20. The van der Waals surface area contributed by atoms with Crippen LogP contribution in [0.2, 0.25) is 0 Å². The van der Waals surface area contributed by atoms with Crippen LogP contribution in [-0.2, 0) is 5.92 Å². The first-order chi connectivity index (χ1) is 15.2. The van der Waals surface area contributed by atoms with E-state index in [2.05, 4.69) is 10.6 Å². The number of fused-ring (bicyclic) bond motifs is 1. The van der Waals surface area contributed by atoms with E-state index in [1.165, 1.54) is 24.4 Å². The maximum atomic E-state index is 14.3. The Labute approximate surface area is 186 Å². The Bertz CT molecular complexity index is 1180. The van der Waals surface area contributed by atoms with Crippen molar-refractivity contribution in [1.82, 2.24) is 15.2 Å². The van der Waals surface area contributed by atoms with Crippen LogP contribution in [0.4, 0.5) is 26.7 Å². The van der Waals surface area contributed by atoms with E-state index in [4.69, 9.17) is 4.74 Å². The molecule has 0 saturated heterocycles. The van der Waals surface area contributed by atoms with Gasteiger partial charge in [-0.3, -0.25) is 9.36 Å². The Morgan fingerprint density at radius 1 is 1.12 bits per heavy atom. The molecule has 0 bridgehead atoms. The number of aromatic nitrogens is 1. The number of halogens is 5. The van der Waals surface area contributed by atoms with Crippen molar-refractivity contribution < 1.29 is 31.5 Å². The molecule has 1 aromatic carbocycles. The van der Waals surface area contributed by atoms with E-state index in [1.54, 1.807) is 20.8 Å². The second-order valence-corrected chi connectivity index (χ2v) is 7.91. The zero-order valence-electron chi connectivity index (χ0n) is 18.2. The first-order valence-corrected chi connectivity index (χ1v) is 9.98. The lowest BCUT2D eigenvalue weighted by Crippen LogP contribution is -2.48. The average Bonchev–Trinajstić information content (AvgIpc) is 2.68. The van der Waals surface area contributed by atoms with Gasteiger partial charge in [-0.15, -0.1) is 0 Å². The first kappa shape index (κ1) is 24.3. The highest BCUT2D eigenvalue weighted by atomic mass is 19.4. The third-order valence-corrected chi connectivity index (χ3v) is 5.20. The molecule has 11 heteroatoms. The minimum atomic E-state index is -5.84. The summed E-state index contributed by atoms with van der Waals surface area (Å²) in [5.41, 5.74) is -3.78. The van der Waals surface area contributed by atoms with Gasteiger partial charge in [-0.1, -0.05) is 6.07 Å². The normalized spacial score (nSPS) is 15.5. The lowest BCUT2D eigenvalue weighted by atomic mass is 9.88. The number of carbonyl (C=O) groups excluding carboxylic acids is 1. The van der Waals surface area contributed by atoms with Crippen molar-refractivity contribution in [1.29, 1.82) is 0 Å². The maximum Gasteiger partial charge on any atom is 0.458 e. The van der Waals surface area contributed by atoms with Gasteiger partial charge < -0.3 is 15.4 Å². The summed E-state index contributed by atoms with van der Waals surface area (Å²) in [5, 5.41) is 5.09. The van der Waals surface area contributed by atoms with Crippen molar-refractivity contribution in [2.45, 2.75) is 45.4 Å². The Hall–Kier alpha value is -3.37. The highest BCUT2D eigenvalue weighted by molar-refractivity contribution is 5.84. The molecule has 0 unspecified atom stereocenters. The van der Waals surface area contributed by atoms with Gasteiger partial charge in [0.1, 0.15) is 11.4 Å². The number of nitrogens with one attached hydrogen (secondary N) is 2. The van der Waals surface area contributed by atoms with Crippen LogP contribution in [0.1, 0.15) is 37.5 Å². The molecule has 2 amide bonds. The van der Waals surface area contributed by atoms with Gasteiger partial charge >= 0.3 is 18.1 Å². The summed E-state index contributed by atoms with van der Waals surface area (Å²) in [6, 6.07) is 5.14. The molecule has 0 spiro atoms. The fourth-order valence-electron chi connectivity index (χ4n) is 3.68. The van der Waals surface area contributed by atoms with Gasteiger partial charge in [0, 0.05) is 29.9 Å². The molecule has 2 N–H and O–H groups in total. The molecule has 6 nitrogen and oxygen atoms in total. The number of hydrogen-bond acceptors (Lipinski definition) is 3. The monoisotopic (exact) mass is 471 g/mol. The molecule has 2 heterocycles. The van der Waals surface area contributed by atoms with Crippen LogP contribution in [0, 0.1) is 6.92 Å². The Balaban J connectivity index is 2.42. The largest absolute Gasteiger partial charge is 0.481 e. The molecule has 33 heavy (non-hydrogen) atoms. The van der Waals surface area contributed by atoms with Gasteiger partial charge in [-0.2, -0.15) is 22.0 Å². The highest BCUT2D eigenvalue weighted by Crippen LogP contribution is 2.49. The molecule has 0 radical (unpaired) electrons. The molecule has 0 aliphatic carbocycles. The van der Waals surface area contributed by atoms with E-state index in [9.17, 15) is 31.5 Å². The number of rotatable bonds is 4. The van der Waals surface area contributed by atoms with Crippen molar-refractivity contribution in [3.8, 4) is 5.75 Å². The Morgan fingerprint density at radius 2 is 1.79 bits per heavy atom. The standard InChI is InChI=1S/C22H22F5N3O3/c1-5-28-19(32)29-18-17(30-11-7-6-8-15(30)31)16-12(2)13(21(23,24)22(25,26)27)9-10-14(16)33-20(18,3)4/h6-11H,5H2,1-4H3,(H2,28,29,32). The molecule has 1 aliphatic rings. The number of nitrogens with zero attached hydrogens (tertiary/aromatic N) is 1. The number of pyridine rings is 1. The van der Waals surface area contributed by atoms with Crippen molar-refractivity contribution in [3.05, 3.63) is 69.3 Å². The molecule has 0 fully saturated rings. The third kappa shape index (κ3) is 4.19. The number of hydrogen-bond donors (Lipinski definition) is 2. The van der Waals surface area contributed by atoms with Crippen LogP contribution in [0.5, 0.6) is 5.75 Å². The minimum absolute atomic E-state index is 0.00794. The summed E-state index contributed by atoms with van der Waals surface area (Å²) < 4.78 is 75.1. The lowest BCUT2D eigenvalue weighted by molar-refractivity contribution is -0.289. The second-order valence-electron chi connectivity index (χ2n) is 7.91. The topological polar surface area (TPSA) is 72.4 Å². The predicted octanol–water partition coefficient (Wildman–Crippen LogP) is 4.52. The maximum absolute atomic E-state index is 14.3. The van der Waals surface area contributed by atoms with Gasteiger partial charge in [0.25, 0.3) is 5.56 Å². The smallest absolute Gasteiger partial charge is 0.458 e. The quantitative estimate of drug-likeness (QED) is 0.645. The number of benzene rings is 1. The van der Waals surface area contributed by atoms with Crippen LogP contribution >= 0.6 is 0 Å². The summed E-state index contributed by atoms with van der Waals surface area (Å²) in [7, 11) is 0. The summed E-state index contributed by atoms with van der Waals surface area (Å²) >= 11 is 0. The molecule has 0 atom stereocenters. The van der Waals surface area contributed by atoms with Crippen molar-refractivity contribution in [2.75, 3.05) is 6.54 Å². The summed E-state index contributed by atoms with van der Waals surface area (Å²) in [5.74, 6) is -5.16. The number of urea groups is 1. The summed E-state index contributed by atoms with van der Waals surface area (Å²) in [6.07, 6.45) is -4.51. The first-order valence-electron chi connectivity index (χ1n) is 9.98. The Kier molecular flexibility index (Phi) is 6.03. The van der Waals surface area contributed by atoms with Crippen molar-refractivity contribution in [3.63, 3.8) is 0 Å². The molecule has 3 rings (SSSR count). The van der Waals surface area contributed by atoms with Gasteiger partial charge in [0.15, 0.2) is 0 Å². The molecule has 2 aromatic rings. The van der Waals surface area contributed by atoms with E-state index in [1.807, 2.05) is 0 Å². The summed E-state index contributed by atoms with van der Waals surface area (Å²) in [4.78, 5) is 25.0. The van der Waals surface area contributed by atoms with Crippen LogP contribution in [0.15, 0.2) is 47.0 Å². The SMILES string of the molecule is CCNC(=O)NC1=C(n2ccccc2=O)c2c(ccc(C(F)(F)C(F)(F)F)c2C)OC1(C)C. The molecular weight excluding hydrogens is 449 g/mol. The Morgan fingerprint density at radius 3 is 2.36 bits per heavy atom. The molecule has 1 aromatic heterocycles. The predicted molar refractivity (Wildman–Crippen MR) is 111 cm³/mol. The molecule has 0 saturated carbocycles. The van der Waals surface area contributed by atoms with E-state index >= 15 is 0 Å². The van der Waals surface area contributed by atoms with E-state index < -0.39 is 40.4 Å². The van der Waals surface area contributed by atoms with E-state index in [0.717, 1.165) is 17.6 Å². The van der Waals surface area contributed by atoms with Gasteiger partial charge in [-0.05, 0) is 51.5 Å². The zero-order chi connectivity index (χ0) is 24.8. The highest BCUT2D eigenvalue weighted by Gasteiger charge is 2.59. The third-order valence-electron chi connectivity index (χ3n) is 5.20. The van der Waals surface area contributed by atoms with Gasteiger partial charge in [0.05, 0.1) is 11.4 Å². The minimum Gasteiger partial charge on any atom is -0.481 e. The lowest BCUT2D eigenvalue weighted by Gasteiger charge is -2.38. The summed E-state index contributed by atoms with van der Waals surface area (Å²) in [6.45, 7) is 6.16. The van der Waals surface area contributed by atoms with Gasteiger partial charge in [0.2, 0.25) is 0 Å². The molecular formula is C22H22F5N3O3. The van der Waals surface area contributed by atoms with Crippen LogP contribution in [-0.4, -0.2) is 28.9 Å². The van der Waals surface area contributed by atoms with Crippen molar-refractivity contribution >= 4 is 11.7 Å². The van der Waals surface area contributed by atoms with E-state index in [-0.39, 0.29) is 29.3 Å². The molecule has 1 aliphatic heterocycles. The van der Waals surface area contributed by atoms with Crippen LogP contribution < -0.4 is 20.9 Å². The van der Waals surface area contributed by atoms with Crippen LogP contribution in [0.3, 0.4) is 0 Å². The number of alkyl halides is 5. The fourth-order valence-corrected chi connectivity index (χ4v) is 3.68. The van der Waals surface area contributed by atoms with Crippen molar-refractivity contribution in [2.24, 2.45) is 0 Å². The number of carbonyl (C=O) groups is 1. The fraction of sp³-hybridized carbons (Fsp3) is 0.364. The average molecular weight is 471 g/mol. The zero-order valence-corrected chi connectivity index (χ0v) is 18.2. The van der Waals surface area contributed by atoms with Crippen LogP contribution in [0.25, 0.3) is 5.70 Å². The number of ether oxygens (including phenoxy) is 1. The molecule has 178 valence electrons.